The van der Waals surface area contributed by atoms with Crippen LogP contribution in [0.4, 0.5) is 0 Å². The molecule has 0 fully saturated rings. The molecule has 0 radical (unpaired) electrons. The zero-order chi connectivity index (χ0) is 15.8. The van der Waals surface area contributed by atoms with Gasteiger partial charge >= 0.3 is 0 Å². The zero-order valence-electron chi connectivity index (χ0n) is 13.3. The summed E-state index contributed by atoms with van der Waals surface area (Å²) in [5.74, 6) is 1.38. The molecule has 126 valence electrons. The SMILES string of the molecule is CCOc1cc([C@@H](N)CCO)ccc1OCc1ccccc1.Cl. The predicted molar refractivity (Wildman–Crippen MR) is 94.3 cm³/mol. The van der Waals surface area contributed by atoms with Crippen molar-refractivity contribution in [2.45, 2.75) is 26.0 Å². The van der Waals surface area contributed by atoms with Crippen LogP contribution in [0.1, 0.15) is 30.5 Å². The van der Waals surface area contributed by atoms with Crippen molar-refractivity contribution < 1.29 is 14.6 Å². The molecule has 0 saturated heterocycles. The van der Waals surface area contributed by atoms with Crippen molar-refractivity contribution >= 4 is 12.4 Å². The fourth-order valence-corrected chi connectivity index (χ4v) is 2.18. The minimum absolute atomic E-state index is 0. The van der Waals surface area contributed by atoms with Gasteiger partial charge in [0.2, 0.25) is 0 Å². The largest absolute Gasteiger partial charge is 0.490 e. The monoisotopic (exact) mass is 337 g/mol. The van der Waals surface area contributed by atoms with Gasteiger partial charge in [0.05, 0.1) is 6.61 Å². The lowest BCUT2D eigenvalue weighted by molar-refractivity contribution is 0.267. The second-order valence-corrected chi connectivity index (χ2v) is 5.03. The van der Waals surface area contributed by atoms with Crippen LogP contribution in [0.2, 0.25) is 0 Å². The number of nitrogens with two attached hydrogens (primary N) is 1. The van der Waals surface area contributed by atoms with Gasteiger partial charge in [0, 0.05) is 12.6 Å². The first-order valence-corrected chi connectivity index (χ1v) is 7.54. The van der Waals surface area contributed by atoms with Crippen LogP contribution < -0.4 is 15.2 Å². The maximum absolute atomic E-state index is 9.00. The molecule has 1 atom stereocenters. The number of aliphatic hydroxyl groups is 1. The number of aliphatic hydroxyl groups excluding tert-OH is 1. The van der Waals surface area contributed by atoms with Crippen molar-refractivity contribution in [2.24, 2.45) is 5.73 Å². The second kappa shape index (κ2) is 10.1. The Labute approximate surface area is 143 Å². The minimum atomic E-state index is -0.202. The topological polar surface area (TPSA) is 64.7 Å². The van der Waals surface area contributed by atoms with Gasteiger partial charge in [0.1, 0.15) is 6.61 Å². The average Bonchev–Trinajstić information content (AvgIpc) is 2.55. The summed E-state index contributed by atoms with van der Waals surface area (Å²) in [4.78, 5) is 0. The highest BCUT2D eigenvalue weighted by molar-refractivity contribution is 5.85. The fourth-order valence-electron chi connectivity index (χ4n) is 2.18. The van der Waals surface area contributed by atoms with E-state index in [0.717, 1.165) is 11.1 Å². The maximum atomic E-state index is 9.00. The van der Waals surface area contributed by atoms with Gasteiger partial charge in [0.15, 0.2) is 11.5 Å². The van der Waals surface area contributed by atoms with Gasteiger partial charge in [-0.3, -0.25) is 0 Å². The third-order valence-corrected chi connectivity index (χ3v) is 3.37. The molecule has 0 aliphatic rings. The number of benzene rings is 2. The second-order valence-electron chi connectivity index (χ2n) is 5.03. The van der Waals surface area contributed by atoms with E-state index in [1.54, 1.807) is 0 Å². The lowest BCUT2D eigenvalue weighted by atomic mass is 10.0. The Balaban J connectivity index is 0.00000264. The van der Waals surface area contributed by atoms with Crippen molar-refractivity contribution in [2.75, 3.05) is 13.2 Å². The normalized spacial score (nSPS) is 11.4. The van der Waals surface area contributed by atoms with Crippen molar-refractivity contribution in [1.82, 2.24) is 0 Å². The predicted octanol–water partition coefficient (Wildman–Crippen LogP) is 3.47. The van der Waals surface area contributed by atoms with Crippen LogP contribution in [0.5, 0.6) is 11.5 Å². The van der Waals surface area contributed by atoms with Crippen LogP contribution in [0.15, 0.2) is 48.5 Å². The summed E-state index contributed by atoms with van der Waals surface area (Å²) in [6, 6.07) is 15.5. The Morgan fingerprint density at radius 3 is 2.43 bits per heavy atom. The van der Waals surface area contributed by atoms with Crippen molar-refractivity contribution in [1.29, 1.82) is 0 Å². The number of ether oxygens (including phenoxy) is 2. The third kappa shape index (κ3) is 5.75. The van der Waals surface area contributed by atoms with E-state index in [9.17, 15) is 0 Å². The molecule has 0 unspecified atom stereocenters. The first-order chi connectivity index (χ1) is 10.7. The molecular weight excluding hydrogens is 314 g/mol. The molecule has 0 amide bonds. The highest BCUT2D eigenvalue weighted by atomic mass is 35.5. The van der Waals surface area contributed by atoms with E-state index in [2.05, 4.69) is 0 Å². The fraction of sp³-hybridized carbons (Fsp3) is 0.333. The Kier molecular flexibility index (Phi) is 8.48. The Morgan fingerprint density at radius 2 is 1.78 bits per heavy atom. The number of hydrogen-bond acceptors (Lipinski definition) is 4. The molecule has 3 N–H and O–H groups in total. The molecule has 23 heavy (non-hydrogen) atoms. The summed E-state index contributed by atoms with van der Waals surface area (Å²) < 4.78 is 11.5. The van der Waals surface area contributed by atoms with Crippen LogP contribution in [0.25, 0.3) is 0 Å². The molecule has 0 heterocycles. The van der Waals surface area contributed by atoms with E-state index in [1.807, 2.05) is 55.5 Å². The molecule has 5 heteroatoms. The molecular formula is C18H24ClNO3. The van der Waals surface area contributed by atoms with Crippen molar-refractivity contribution in [3.8, 4) is 11.5 Å². The standard InChI is InChI=1S/C18H23NO3.ClH/c1-2-21-18-12-15(16(19)10-11-20)8-9-17(18)22-13-14-6-4-3-5-7-14;/h3-9,12,16,20H,2,10-11,13,19H2,1H3;1H/t16-;/m0./s1. The summed E-state index contributed by atoms with van der Waals surface area (Å²) >= 11 is 0. The first kappa shape index (κ1) is 19.3. The summed E-state index contributed by atoms with van der Waals surface area (Å²) in [5, 5.41) is 9.00. The summed E-state index contributed by atoms with van der Waals surface area (Å²) in [7, 11) is 0. The molecule has 2 aromatic rings. The lowest BCUT2D eigenvalue weighted by Gasteiger charge is -2.16. The van der Waals surface area contributed by atoms with Crippen molar-refractivity contribution in [3.05, 3.63) is 59.7 Å². The van der Waals surface area contributed by atoms with Crippen LogP contribution in [0, 0.1) is 0 Å². The molecule has 0 saturated carbocycles. The van der Waals surface area contributed by atoms with E-state index in [0.29, 0.717) is 31.1 Å². The van der Waals surface area contributed by atoms with Gasteiger partial charge in [-0.15, -0.1) is 12.4 Å². The van der Waals surface area contributed by atoms with E-state index < -0.39 is 0 Å². The number of halogens is 1. The number of rotatable bonds is 8. The summed E-state index contributed by atoms with van der Waals surface area (Å²) in [5.41, 5.74) is 8.07. The van der Waals surface area contributed by atoms with Crippen molar-refractivity contribution in [3.63, 3.8) is 0 Å². The van der Waals surface area contributed by atoms with E-state index in [-0.39, 0.29) is 25.1 Å². The van der Waals surface area contributed by atoms with E-state index >= 15 is 0 Å². The maximum Gasteiger partial charge on any atom is 0.161 e. The van der Waals surface area contributed by atoms with E-state index in [1.165, 1.54) is 0 Å². The summed E-state index contributed by atoms with van der Waals surface area (Å²) in [6.07, 6.45) is 0.524. The first-order valence-electron chi connectivity index (χ1n) is 7.54. The molecule has 0 aliphatic carbocycles. The van der Waals surface area contributed by atoms with Gasteiger partial charge in [-0.1, -0.05) is 36.4 Å². The van der Waals surface area contributed by atoms with Crippen LogP contribution in [0.3, 0.4) is 0 Å². The summed E-state index contributed by atoms with van der Waals surface area (Å²) in [6.45, 7) is 3.04. The van der Waals surface area contributed by atoms with Crippen LogP contribution in [-0.4, -0.2) is 18.3 Å². The Morgan fingerprint density at radius 1 is 1.04 bits per heavy atom. The van der Waals surface area contributed by atoms with E-state index in [4.69, 9.17) is 20.3 Å². The number of hydrogen-bond donors (Lipinski definition) is 2. The third-order valence-electron chi connectivity index (χ3n) is 3.37. The quantitative estimate of drug-likeness (QED) is 0.774. The average molecular weight is 338 g/mol. The highest BCUT2D eigenvalue weighted by Crippen LogP contribution is 2.31. The minimum Gasteiger partial charge on any atom is -0.490 e. The molecule has 4 nitrogen and oxygen atoms in total. The van der Waals surface area contributed by atoms with Gasteiger partial charge in [-0.05, 0) is 36.6 Å². The molecule has 0 aliphatic heterocycles. The smallest absolute Gasteiger partial charge is 0.161 e. The molecule has 0 aromatic heterocycles. The molecule has 0 spiro atoms. The van der Waals surface area contributed by atoms with Gasteiger partial charge in [-0.25, -0.2) is 0 Å². The van der Waals surface area contributed by atoms with Gasteiger partial charge < -0.3 is 20.3 Å². The van der Waals surface area contributed by atoms with Crippen LogP contribution >= 0.6 is 12.4 Å². The Bertz CT molecular complexity index is 578. The van der Waals surface area contributed by atoms with Gasteiger partial charge in [-0.2, -0.15) is 0 Å². The Hall–Kier alpha value is -1.75. The molecule has 2 aromatic carbocycles. The molecule has 2 rings (SSSR count). The zero-order valence-corrected chi connectivity index (χ0v) is 14.1. The molecule has 0 bridgehead atoms. The van der Waals surface area contributed by atoms with Crippen LogP contribution in [-0.2, 0) is 6.61 Å². The lowest BCUT2D eigenvalue weighted by Crippen LogP contribution is -2.12. The highest BCUT2D eigenvalue weighted by Gasteiger charge is 2.11. The van der Waals surface area contributed by atoms with Gasteiger partial charge in [0.25, 0.3) is 0 Å².